The fourth-order valence-corrected chi connectivity index (χ4v) is 4.31. The zero-order valence-electron chi connectivity index (χ0n) is 14.5. The molecule has 7 nitrogen and oxygen atoms in total. The molecule has 25 heavy (non-hydrogen) atoms. The van der Waals surface area contributed by atoms with Gasteiger partial charge < -0.3 is 15.1 Å². The van der Waals surface area contributed by atoms with Gasteiger partial charge in [0.05, 0.1) is 10.3 Å². The van der Waals surface area contributed by atoms with Gasteiger partial charge in [-0.2, -0.15) is 0 Å². The van der Waals surface area contributed by atoms with E-state index in [9.17, 15) is 18.0 Å². The smallest absolute Gasteiger partial charge is 0.321 e. The summed E-state index contributed by atoms with van der Waals surface area (Å²) in [5.41, 5.74) is 0.0928. The third-order valence-electron chi connectivity index (χ3n) is 5.12. The second kappa shape index (κ2) is 6.33. The summed E-state index contributed by atoms with van der Waals surface area (Å²) in [5.74, 6) is 0.131. The summed E-state index contributed by atoms with van der Waals surface area (Å²) in [5, 5.41) is 2.78. The molecule has 3 amide bonds. The minimum absolute atomic E-state index is 0.131. The second-order valence-electron chi connectivity index (χ2n) is 7.01. The number of nitrogens with zero attached hydrogens (tertiary/aromatic N) is 2. The molecule has 2 heterocycles. The summed E-state index contributed by atoms with van der Waals surface area (Å²) >= 11 is 0. The number of likely N-dealkylation sites (tertiary alicyclic amines) is 2. The molecule has 136 valence electrons. The number of nitrogens with one attached hydrogen (secondary N) is 1. The van der Waals surface area contributed by atoms with Crippen molar-refractivity contribution >= 4 is 27.5 Å². The van der Waals surface area contributed by atoms with Gasteiger partial charge in [-0.3, -0.25) is 4.79 Å². The number of benzene rings is 1. The Morgan fingerprint density at radius 2 is 1.84 bits per heavy atom. The maximum absolute atomic E-state index is 12.5. The highest BCUT2D eigenvalue weighted by atomic mass is 32.2. The van der Waals surface area contributed by atoms with Gasteiger partial charge in [0.15, 0.2) is 9.84 Å². The molecular formula is C17H23N3O4S. The number of amides is 3. The van der Waals surface area contributed by atoms with Crippen molar-refractivity contribution in [2.24, 2.45) is 5.41 Å². The van der Waals surface area contributed by atoms with Gasteiger partial charge in [-0.1, -0.05) is 0 Å². The predicted molar refractivity (Wildman–Crippen MR) is 94.1 cm³/mol. The lowest BCUT2D eigenvalue weighted by Gasteiger charge is -2.37. The SMILES string of the molecule is CN1CCC[C@@]2(CCN(C(=O)Nc3ccc(S(C)(=O)=O)cc3)C2)C1=O. The Kier molecular flexibility index (Phi) is 4.49. The van der Waals surface area contributed by atoms with E-state index in [1.165, 1.54) is 12.1 Å². The van der Waals surface area contributed by atoms with Crippen LogP contribution in [0, 0.1) is 5.41 Å². The number of carbonyl (C=O) groups is 2. The molecule has 2 saturated heterocycles. The minimum atomic E-state index is -3.26. The number of hydrogen-bond donors (Lipinski definition) is 1. The molecule has 8 heteroatoms. The summed E-state index contributed by atoms with van der Waals surface area (Å²) in [6.45, 7) is 1.76. The number of sulfone groups is 1. The van der Waals surface area contributed by atoms with Crippen molar-refractivity contribution in [2.45, 2.75) is 24.2 Å². The van der Waals surface area contributed by atoms with Gasteiger partial charge in [-0.25, -0.2) is 13.2 Å². The van der Waals surface area contributed by atoms with Crippen LogP contribution in [-0.4, -0.2) is 63.1 Å². The highest BCUT2D eigenvalue weighted by Crippen LogP contribution is 2.39. The summed E-state index contributed by atoms with van der Waals surface area (Å²) in [6.07, 6.45) is 3.62. The second-order valence-corrected chi connectivity index (χ2v) is 9.02. The van der Waals surface area contributed by atoms with Crippen LogP contribution in [0.25, 0.3) is 0 Å². The first kappa shape index (κ1) is 17.7. The van der Waals surface area contributed by atoms with Crippen molar-refractivity contribution < 1.29 is 18.0 Å². The highest BCUT2D eigenvalue weighted by Gasteiger charge is 2.48. The van der Waals surface area contributed by atoms with E-state index in [0.717, 1.165) is 25.6 Å². The molecule has 0 aromatic heterocycles. The van der Waals surface area contributed by atoms with Crippen molar-refractivity contribution in [3.8, 4) is 0 Å². The largest absolute Gasteiger partial charge is 0.345 e. The van der Waals surface area contributed by atoms with Gasteiger partial charge in [-0.15, -0.1) is 0 Å². The maximum atomic E-state index is 12.5. The van der Waals surface area contributed by atoms with Crippen LogP contribution in [0.5, 0.6) is 0 Å². The van der Waals surface area contributed by atoms with Crippen molar-refractivity contribution in [2.75, 3.05) is 38.3 Å². The zero-order chi connectivity index (χ0) is 18.2. The molecule has 0 unspecified atom stereocenters. The van der Waals surface area contributed by atoms with Crippen LogP contribution < -0.4 is 5.32 Å². The topological polar surface area (TPSA) is 86.8 Å². The van der Waals surface area contributed by atoms with E-state index in [-0.39, 0.29) is 16.8 Å². The molecule has 0 aliphatic carbocycles. The van der Waals surface area contributed by atoms with E-state index in [1.54, 1.807) is 21.9 Å². The van der Waals surface area contributed by atoms with Crippen molar-refractivity contribution in [3.63, 3.8) is 0 Å². The molecular weight excluding hydrogens is 342 g/mol. The molecule has 0 radical (unpaired) electrons. The number of carbonyl (C=O) groups excluding carboxylic acids is 2. The van der Waals surface area contributed by atoms with Crippen LogP contribution in [0.15, 0.2) is 29.2 Å². The van der Waals surface area contributed by atoms with Crippen LogP contribution in [0.1, 0.15) is 19.3 Å². The summed E-state index contributed by atoms with van der Waals surface area (Å²) < 4.78 is 22.9. The number of piperidine rings is 1. The Morgan fingerprint density at radius 1 is 1.16 bits per heavy atom. The molecule has 3 rings (SSSR count). The fourth-order valence-electron chi connectivity index (χ4n) is 3.68. The summed E-state index contributed by atoms with van der Waals surface area (Å²) in [6, 6.07) is 5.82. The van der Waals surface area contributed by atoms with Gasteiger partial charge in [0.2, 0.25) is 5.91 Å². The lowest BCUT2D eigenvalue weighted by atomic mass is 9.78. The zero-order valence-corrected chi connectivity index (χ0v) is 15.3. The molecule has 1 N–H and O–H groups in total. The third kappa shape index (κ3) is 3.49. The van der Waals surface area contributed by atoms with Crippen LogP contribution in [-0.2, 0) is 14.6 Å². The molecule has 2 aliphatic rings. The molecule has 1 aromatic rings. The average molecular weight is 365 g/mol. The van der Waals surface area contributed by atoms with Crippen LogP contribution in [0.4, 0.5) is 10.5 Å². The number of anilines is 1. The van der Waals surface area contributed by atoms with Crippen molar-refractivity contribution in [3.05, 3.63) is 24.3 Å². The van der Waals surface area contributed by atoms with E-state index in [0.29, 0.717) is 25.2 Å². The standard InChI is InChI=1S/C17H23N3O4S/c1-19-10-3-8-17(15(19)21)9-11-20(12-17)16(22)18-13-4-6-14(7-5-13)25(2,23)24/h4-7H,3,8-12H2,1-2H3,(H,18,22)/t17-/m0/s1. The number of hydrogen-bond acceptors (Lipinski definition) is 4. The normalized spacial score (nSPS) is 24.0. The first-order valence-electron chi connectivity index (χ1n) is 8.33. The van der Waals surface area contributed by atoms with E-state index < -0.39 is 15.3 Å². The van der Waals surface area contributed by atoms with E-state index in [4.69, 9.17) is 0 Å². The van der Waals surface area contributed by atoms with E-state index in [1.807, 2.05) is 7.05 Å². The van der Waals surface area contributed by atoms with Gasteiger partial charge in [0.25, 0.3) is 0 Å². The van der Waals surface area contributed by atoms with Gasteiger partial charge in [0.1, 0.15) is 0 Å². The molecule has 2 aliphatic heterocycles. The quantitative estimate of drug-likeness (QED) is 0.862. The van der Waals surface area contributed by atoms with Crippen molar-refractivity contribution in [1.82, 2.24) is 9.80 Å². The average Bonchev–Trinajstić information content (AvgIpc) is 2.98. The first-order valence-corrected chi connectivity index (χ1v) is 10.2. The Bertz CT molecular complexity index is 791. The number of rotatable bonds is 2. The Hall–Kier alpha value is -2.09. The van der Waals surface area contributed by atoms with Gasteiger partial charge in [-0.05, 0) is 43.5 Å². The predicted octanol–water partition coefficient (Wildman–Crippen LogP) is 1.57. The third-order valence-corrected chi connectivity index (χ3v) is 6.25. The lowest BCUT2D eigenvalue weighted by molar-refractivity contribution is -0.143. The maximum Gasteiger partial charge on any atom is 0.321 e. The first-order chi connectivity index (χ1) is 11.7. The lowest BCUT2D eigenvalue weighted by Crippen LogP contribution is -2.49. The Balaban J connectivity index is 1.66. The molecule has 1 atom stereocenters. The fraction of sp³-hybridized carbons (Fsp3) is 0.529. The monoisotopic (exact) mass is 365 g/mol. The molecule has 0 saturated carbocycles. The van der Waals surface area contributed by atoms with E-state index in [2.05, 4.69) is 5.32 Å². The Morgan fingerprint density at radius 3 is 2.48 bits per heavy atom. The van der Waals surface area contributed by atoms with E-state index >= 15 is 0 Å². The molecule has 1 aromatic carbocycles. The van der Waals surface area contributed by atoms with Gasteiger partial charge in [0, 0.05) is 38.6 Å². The van der Waals surface area contributed by atoms with Gasteiger partial charge >= 0.3 is 6.03 Å². The summed E-state index contributed by atoms with van der Waals surface area (Å²) in [7, 11) is -1.44. The molecule has 0 bridgehead atoms. The van der Waals surface area contributed by atoms with Crippen LogP contribution in [0.3, 0.4) is 0 Å². The molecule has 1 spiro atoms. The number of urea groups is 1. The minimum Gasteiger partial charge on any atom is -0.345 e. The summed E-state index contributed by atoms with van der Waals surface area (Å²) in [4.78, 5) is 28.6. The Labute approximate surface area is 147 Å². The van der Waals surface area contributed by atoms with Crippen molar-refractivity contribution in [1.29, 1.82) is 0 Å². The highest BCUT2D eigenvalue weighted by molar-refractivity contribution is 7.90. The van der Waals surface area contributed by atoms with Crippen LogP contribution in [0.2, 0.25) is 0 Å². The van der Waals surface area contributed by atoms with Crippen LogP contribution >= 0.6 is 0 Å². The molecule has 2 fully saturated rings.